The molecule has 6 heteroatoms. The summed E-state index contributed by atoms with van der Waals surface area (Å²) in [4.78, 5) is 15.8. The fraction of sp³-hybridized carbons (Fsp3) is 0.441. The quantitative estimate of drug-likeness (QED) is 0.233. The number of carbonyl (C=O) groups excluding carboxylic acids is 1. The Balaban J connectivity index is 1.34. The van der Waals surface area contributed by atoms with Crippen LogP contribution >= 0.6 is 23.2 Å². The Morgan fingerprint density at radius 1 is 0.925 bits per heavy atom. The molecule has 0 aromatic heterocycles. The van der Waals surface area contributed by atoms with Gasteiger partial charge in [-0.3, -0.25) is 9.69 Å². The Hall–Kier alpha value is -2.53. The lowest BCUT2D eigenvalue weighted by Gasteiger charge is -2.32. The zero-order chi connectivity index (χ0) is 28.5. The zero-order valence-electron chi connectivity index (χ0n) is 23.9. The van der Waals surface area contributed by atoms with E-state index in [9.17, 15) is 4.79 Å². The van der Waals surface area contributed by atoms with Crippen LogP contribution in [0.15, 0.2) is 72.8 Å². The summed E-state index contributed by atoms with van der Waals surface area (Å²) in [6.45, 7) is 9.79. The van der Waals surface area contributed by atoms with Crippen LogP contribution in [0.1, 0.15) is 75.0 Å². The summed E-state index contributed by atoms with van der Waals surface area (Å²) < 4.78 is 5.83. The number of rotatable bonds is 12. The molecule has 1 N–H and O–H groups in total. The predicted octanol–water partition coefficient (Wildman–Crippen LogP) is 8.48. The first-order valence-corrected chi connectivity index (χ1v) is 15.3. The first kappa shape index (κ1) is 30.4. The van der Waals surface area contributed by atoms with Crippen LogP contribution in [0.5, 0.6) is 5.75 Å². The molecule has 40 heavy (non-hydrogen) atoms. The lowest BCUT2D eigenvalue weighted by molar-refractivity contribution is -0.122. The van der Waals surface area contributed by atoms with Gasteiger partial charge in [0.1, 0.15) is 5.75 Å². The molecule has 2 unspecified atom stereocenters. The molecule has 214 valence electrons. The molecule has 4 nitrogen and oxygen atoms in total. The Kier molecular flexibility index (Phi) is 11.3. The van der Waals surface area contributed by atoms with Crippen molar-refractivity contribution < 1.29 is 9.53 Å². The molecular formula is C34H42Cl2N2O2. The highest BCUT2D eigenvalue weighted by Crippen LogP contribution is 2.32. The van der Waals surface area contributed by atoms with Gasteiger partial charge in [-0.05, 0) is 106 Å². The summed E-state index contributed by atoms with van der Waals surface area (Å²) in [5.41, 5.74) is 3.45. The highest BCUT2D eigenvalue weighted by Gasteiger charge is 2.23. The van der Waals surface area contributed by atoms with Crippen LogP contribution in [0, 0.1) is 5.92 Å². The zero-order valence-corrected chi connectivity index (χ0v) is 25.4. The first-order valence-electron chi connectivity index (χ1n) is 14.5. The van der Waals surface area contributed by atoms with Crippen LogP contribution in [0.3, 0.4) is 0 Å². The van der Waals surface area contributed by atoms with Crippen LogP contribution in [-0.2, 0) is 11.3 Å². The lowest BCUT2D eigenvalue weighted by atomic mass is 9.86. The van der Waals surface area contributed by atoms with E-state index in [0.717, 1.165) is 49.4 Å². The second kappa shape index (κ2) is 14.9. The minimum absolute atomic E-state index is 0.0148. The molecule has 2 atom stereocenters. The molecule has 1 heterocycles. The van der Waals surface area contributed by atoms with E-state index in [1.165, 1.54) is 18.4 Å². The van der Waals surface area contributed by atoms with Gasteiger partial charge in [-0.15, -0.1) is 0 Å². The molecule has 0 aliphatic carbocycles. The number of hydrogen-bond donors (Lipinski definition) is 1. The molecule has 1 amide bonds. The highest BCUT2D eigenvalue weighted by molar-refractivity contribution is 6.42. The molecule has 0 bridgehead atoms. The molecule has 0 spiro atoms. The van der Waals surface area contributed by atoms with Crippen molar-refractivity contribution in [3.05, 3.63) is 99.5 Å². The number of nitrogens with zero attached hydrogens (tertiary/aromatic N) is 1. The standard InChI is InChI=1S/C34H42Cl2N2O2/c1-24(2)40-31-11-7-10-28(20-31)25(3)34(39)37-22-30(29-14-15-32(35)33(36)21-29)13-12-26-16-18-38(19-17-26)23-27-8-5-4-6-9-27/h4-11,14-15,20-21,24-26,30H,12-13,16-19,22-23H2,1-3H3,(H,37,39). The van der Waals surface area contributed by atoms with E-state index in [0.29, 0.717) is 22.5 Å². The van der Waals surface area contributed by atoms with Crippen molar-refractivity contribution in [3.63, 3.8) is 0 Å². The number of benzene rings is 3. The van der Waals surface area contributed by atoms with E-state index in [1.807, 2.05) is 63.2 Å². The second-order valence-electron chi connectivity index (χ2n) is 11.4. The number of piperidine rings is 1. The van der Waals surface area contributed by atoms with E-state index in [-0.39, 0.29) is 23.8 Å². The Morgan fingerprint density at radius 3 is 2.38 bits per heavy atom. The van der Waals surface area contributed by atoms with Gasteiger partial charge in [-0.25, -0.2) is 0 Å². The smallest absolute Gasteiger partial charge is 0.227 e. The van der Waals surface area contributed by atoms with Gasteiger partial charge in [0, 0.05) is 19.0 Å². The SMILES string of the molecule is CC(C)Oc1cccc(C(C)C(=O)NCC(CCC2CCN(Cc3ccccc3)CC2)c2ccc(Cl)c(Cl)c2)c1. The summed E-state index contributed by atoms with van der Waals surface area (Å²) in [5.74, 6) is 1.38. The van der Waals surface area contributed by atoms with Gasteiger partial charge in [0.25, 0.3) is 0 Å². The number of likely N-dealkylation sites (tertiary alicyclic amines) is 1. The fourth-order valence-corrected chi connectivity index (χ4v) is 5.83. The number of nitrogens with one attached hydrogen (secondary N) is 1. The molecule has 3 aromatic carbocycles. The topological polar surface area (TPSA) is 41.6 Å². The van der Waals surface area contributed by atoms with E-state index < -0.39 is 0 Å². The van der Waals surface area contributed by atoms with Crippen LogP contribution in [0.4, 0.5) is 0 Å². The fourth-order valence-electron chi connectivity index (χ4n) is 5.52. The number of ether oxygens (including phenoxy) is 1. The molecule has 1 saturated heterocycles. The molecule has 1 fully saturated rings. The minimum atomic E-state index is -0.279. The van der Waals surface area contributed by atoms with Crippen molar-refractivity contribution in [2.75, 3.05) is 19.6 Å². The van der Waals surface area contributed by atoms with Crippen LogP contribution < -0.4 is 10.1 Å². The Bertz CT molecular complexity index is 1230. The number of amides is 1. The number of hydrogen-bond acceptors (Lipinski definition) is 3. The number of carbonyl (C=O) groups is 1. The largest absolute Gasteiger partial charge is 0.491 e. The van der Waals surface area contributed by atoms with E-state index in [1.54, 1.807) is 0 Å². The van der Waals surface area contributed by atoms with Crippen LogP contribution in [0.2, 0.25) is 10.0 Å². The van der Waals surface area contributed by atoms with E-state index in [4.69, 9.17) is 27.9 Å². The molecule has 4 rings (SSSR count). The predicted molar refractivity (Wildman–Crippen MR) is 167 cm³/mol. The van der Waals surface area contributed by atoms with Gasteiger partial charge in [0.15, 0.2) is 0 Å². The third-order valence-electron chi connectivity index (χ3n) is 7.94. The molecule has 1 aliphatic rings. The van der Waals surface area contributed by atoms with Crippen molar-refractivity contribution >= 4 is 29.1 Å². The summed E-state index contributed by atoms with van der Waals surface area (Å²) in [7, 11) is 0. The maximum atomic E-state index is 13.2. The van der Waals surface area contributed by atoms with Crippen LogP contribution in [0.25, 0.3) is 0 Å². The van der Waals surface area contributed by atoms with Gasteiger partial charge < -0.3 is 10.1 Å². The monoisotopic (exact) mass is 580 g/mol. The summed E-state index contributed by atoms with van der Waals surface area (Å²) in [6.07, 6.45) is 4.62. The van der Waals surface area contributed by atoms with Gasteiger partial charge in [-0.1, -0.05) is 71.7 Å². The molecular weight excluding hydrogens is 539 g/mol. The van der Waals surface area contributed by atoms with Crippen LogP contribution in [-0.4, -0.2) is 36.5 Å². The second-order valence-corrected chi connectivity index (χ2v) is 12.2. The van der Waals surface area contributed by atoms with Crippen molar-refractivity contribution in [2.45, 2.75) is 70.9 Å². The number of halogens is 2. The van der Waals surface area contributed by atoms with Crippen molar-refractivity contribution in [1.29, 1.82) is 0 Å². The molecule has 1 aliphatic heterocycles. The molecule has 0 saturated carbocycles. The van der Waals surface area contributed by atoms with Crippen molar-refractivity contribution in [2.24, 2.45) is 5.92 Å². The van der Waals surface area contributed by atoms with E-state index in [2.05, 4.69) is 40.5 Å². The van der Waals surface area contributed by atoms with Crippen molar-refractivity contribution in [3.8, 4) is 5.75 Å². The average molecular weight is 582 g/mol. The van der Waals surface area contributed by atoms with E-state index >= 15 is 0 Å². The molecule has 3 aromatic rings. The van der Waals surface area contributed by atoms with Gasteiger partial charge >= 0.3 is 0 Å². The summed E-state index contributed by atoms with van der Waals surface area (Å²) >= 11 is 12.6. The Morgan fingerprint density at radius 2 is 1.68 bits per heavy atom. The third kappa shape index (κ3) is 8.99. The third-order valence-corrected chi connectivity index (χ3v) is 8.68. The minimum Gasteiger partial charge on any atom is -0.491 e. The maximum Gasteiger partial charge on any atom is 0.227 e. The van der Waals surface area contributed by atoms with Gasteiger partial charge in [-0.2, -0.15) is 0 Å². The van der Waals surface area contributed by atoms with Gasteiger partial charge in [0.05, 0.1) is 22.1 Å². The average Bonchev–Trinajstić information content (AvgIpc) is 2.95. The molecule has 0 radical (unpaired) electrons. The van der Waals surface area contributed by atoms with Crippen molar-refractivity contribution in [1.82, 2.24) is 10.2 Å². The normalized spacial score (nSPS) is 16.1. The highest BCUT2D eigenvalue weighted by atomic mass is 35.5. The first-order chi connectivity index (χ1) is 19.3. The Labute approximate surface area is 250 Å². The summed E-state index contributed by atoms with van der Waals surface area (Å²) in [5, 5.41) is 4.34. The summed E-state index contributed by atoms with van der Waals surface area (Å²) in [6, 6.07) is 24.4. The maximum absolute atomic E-state index is 13.2. The lowest BCUT2D eigenvalue weighted by Crippen LogP contribution is -2.34. The van der Waals surface area contributed by atoms with Gasteiger partial charge in [0.2, 0.25) is 5.91 Å².